The minimum absolute atomic E-state index is 0.0404. The van der Waals surface area contributed by atoms with Crippen molar-refractivity contribution >= 4 is 40.9 Å². The molecular formula is C19H19N3O4S. The Morgan fingerprint density at radius 1 is 1.19 bits per heavy atom. The molecule has 1 aromatic carbocycles. The smallest absolute Gasteiger partial charge is 0.291 e. The van der Waals surface area contributed by atoms with Gasteiger partial charge in [-0.1, -0.05) is 0 Å². The number of anilines is 2. The van der Waals surface area contributed by atoms with Crippen LogP contribution in [0.4, 0.5) is 11.4 Å². The first kappa shape index (κ1) is 17.7. The molecule has 3 heterocycles. The number of carbonyl (C=O) groups is 3. The molecule has 0 saturated carbocycles. The molecule has 1 aromatic heterocycles. The fourth-order valence-electron chi connectivity index (χ4n) is 3.48. The standard InChI is InChI=1S/C19H19N3O4S/c1-19-9-8-16(23)22(19)14(11-27-19)17(24)20-12-4-6-13(7-5-12)21-18(25)15-3-2-10-26-15/h2-7,10,14H,8-9,11H2,1H3,(H,20,24)(H,21,25)/t14-,19-/m1/s1. The number of furan rings is 1. The van der Waals surface area contributed by atoms with Crippen LogP contribution in [-0.2, 0) is 9.59 Å². The zero-order chi connectivity index (χ0) is 19.0. The number of nitrogens with one attached hydrogen (secondary N) is 2. The van der Waals surface area contributed by atoms with Gasteiger partial charge in [-0.05, 0) is 49.7 Å². The van der Waals surface area contributed by atoms with Gasteiger partial charge in [0.1, 0.15) is 6.04 Å². The molecule has 140 valence electrons. The summed E-state index contributed by atoms with van der Waals surface area (Å²) in [5.74, 6) is 0.342. The van der Waals surface area contributed by atoms with E-state index in [9.17, 15) is 14.4 Å². The van der Waals surface area contributed by atoms with Gasteiger partial charge in [0.2, 0.25) is 11.8 Å². The third-order valence-electron chi connectivity index (χ3n) is 4.90. The molecule has 2 aliphatic heterocycles. The fourth-order valence-corrected chi connectivity index (χ4v) is 4.91. The Hall–Kier alpha value is -2.74. The third kappa shape index (κ3) is 3.32. The molecule has 2 aliphatic rings. The van der Waals surface area contributed by atoms with Gasteiger partial charge < -0.3 is 20.0 Å². The maximum absolute atomic E-state index is 12.7. The van der Waals surface area contributed by atoms with Crippen molar-refractivity contribution in [2.45, 2.75) is 30.7 Å². The van der Waals surface area contributed by atoms with E-state index in [4.69, 9.17) is 4.42 Å². The molecule has 2 N–H and O–H groups in total. The molecule has 4 rings (SSSR count). The SMILES string of the molecule is C[C@@]12CCC(=O)N1[C@@H](C(=O)Nc1ccc(NC(=O)c3ccco3)cc1)CS2. The summed E-state index contributed by atoms with van der Waals surface area (Å²) in [6, 6.07) is 9.59. The van der Waals surface area contributed by atoms with Crippen molar-refractivity contribution < 1.29 is 18.8 Å². The molecule has 0 bridgehead atoms. The highest BCUT2D eigenvalue weighted by Crippen LogP contribution is 2.47. The van der Waals surface area contributed by atoms with Gasteiger partial charge in [0, 0.05) is 23.5 Å². The fraction of sp³-hybridized carbons (Fsp3) is 0.316. The van der Waals surface area contributed by atoms with Gasteiger partial charge in [-0.3, -0.25) is 14.4 Å². The second kappa shape index (κ2) is 6.77. The zero-order valence-electron chi connectivity index (χ0n) is 14.7. The molecule has 2 saturated heterocycles. The summed E-state index contributed by atoms with van der Waals surface area (Å²) in [5, 5.41) is 5.58. The molecule has 27 heavy (non-hydrogen) atoms. The maximum atomic E-state index is 12.7. The second-order valence-electron chi connectivity index (χ2n) is 6.76. The van der Waals surface area contributed by atoms with Crippen LogP contribution in [-0.4, -0.2) is 39.3 Å². The first-order valence-corrected chi connectivity index (χ1v) is 9.67. The Morgan fingerprint density at radius 2 is 1.89 bits per heavy atom. The van der Waals surface area contributed by atoms with Gasteiger partial charge >= 0.3 is 0 Å². The molecular weight excluding hydrogens is 366 g/mol. The summed E-state index contributed by atoms with van der Waals surface area (Å²) in [6.07, 6.45) is 2.71. The van der Waals surface area contributed by atoms with Crippen LogP contribution >= 0.6 is 11.8 Å². The second-order valence-corrected chi connectivity index (χ2v) is 8.27. The van der Waals surface area contributed by atoms with Crippen molar-refractivity contribution in [3.05, 3.63) is 48.4 Å². The van der Waals surface area contributed by atoms with E-state index >= 15 is 0 Å². The Bertz CT molecular complexity index is 881. The van der Waals surface area contributed by atoms with Crippen molar-refractivity contribution in [1.82, 2.24) is 4.90 Å². The molecule has 0 spiro atoms. The van der Waals surface area contributed by atoms with Crippen molar-refractivity contribution in [2.24, 2.45) is 0 Å². The van der Waals surface area contributed by atoms with E-state index in [1.807, 2.05) is 6.92 Å². The summed E-state index contributed by atoms with van der Waals surface area (Å²) in [4.78, 5) is 38.2. The molecule has 3 amide bonds. The van der Waals surface area contributed by atoms with Crippen LogP contribution in [0.1, 0.15) is 30.3 Å². The van der Waals surface area contributed by atoms with Crippen molar-refractivity contribution in [2.75, 3.05) is 16.4 Å². The van der Waals surface area contributed by atoms with Crippen LogP contribution in [0.3, 0.4) is 0 Å². The van der Waals surface area contributed by atoms with E-state index in [1.165, 1.54) is 6.26 Å². The first-order valence-electron chi connectivity index (χ1n) is 8.68. The largest absolute Gasteiger partial charge is 0.459 e. The predicted octanol–water partition coefficient (Wildman–Crippen LogP) is 2.92. The number of hydrogen-bond donors (Lipinski definition) is 2. The van der Waals surface area contributed by atoms with Crippen molar-refractivity contribution in [1.29, 1.82) is 0 Å². The van der Waals surface area contributed by atoms with E-state index in [-0.39, 0.29) is 28.4 Å². The van der Waals surface area contributed by atoms with Crippen LogP contribution in [0.25, 0.3) is 0 Å². The van der Waals surface area contributed by atoms with E-state index < -0.39 is 6.04 Å². The molecule has 7 nitrogen and oxygen atoms in total. The highest BCUT2D eigenvalue weighted by Gasteiger charge is 2.52. The third-order valence-corrected chi connectivity index (χ3v) is 6.41. The van der Waals surface area contributed by atoms with Gasteiger partial charge in [-0.15, -0.1) is 11.8 Å². The number of thioether (sulfide) groups is 1. The number of carbonyl (C=O) groups excluding carboxylic acids is 3. The number of hydrogen-bond acceptors (Lipinski definition) is 5. The van der Waals surface area contributed by atoms with Gasteiger partial charge in [-0.2, -0.15) is 0 Å². The number of rotatable bonds is 4. The van der Waals surface area contributed by atoms with Crippen LogP contribution in [0.15, 0.2) is 47.1 Å². The Balaban J connectivity index is 1.39. The van der Waals surface area contributed by atoms with Crippen LogP contribution in [0.2, 0.25) is 0 Å². The average Bonchev–Trinajstić information content (AvgIpc) is 3.35. The van der Waals surface area contributed by atoms with E-state index in [1.54, 1.807) is 53.1 Å². The minimum atomic E-state index is -0.451. The number of fused-ring (bicyclic) bond motifs is 1. The molecule has 8 heteroatoms. The lowest BCUT2D eigenvalue weighted by molar-refractivity contribution is -0.135. The summed E-state index contributed by atoms with van der Waals surface area (Å²) in [7, 11) is 0. The van der Waals surface area contributed by atoms with Gasteiger partial charge in [0.15, 0.2) is 5.76 Å². The van der Waals surface area contributed by atoms with Crippen LogP contribution in [0.5, 0.6) is 0 Å². The Kier molecular flexibility index (Phi) is 4.43. The Morgan fingerprint density at radius 3 is 2.56 bits per heavy atom. The maximum Gasteiger partial charge on any atom is 0.291 e. The van der Waals surface area contributed by atoms with Gasteiger partial charge in [-0.25, -0.2) is 0 Å². The normalized spacial score (nSPS) is 24.0. The van der Waals surface area contributed by atoms with Crippen molar-refractivity contribution in [3.63, 3.8) is 0 Å². The molecule has 2 atom stereocenters. The highest BCUT2D eigenvalue weighted by atomic mass is 32.2. The quantitative estimate of drug-likeness (QED) is 0.844. The molecule has 0 aliphatic carbocycles. The van der Waals surface area contributed by atoms with E-state index in [0.29, 0.717) is 23.5 Å². The molecule has 0 radical (unpaired) electrons. The number of nitrogens with zero attached hydrogens (tertiary/aromatic N) is 1. The van der Waals surface area contributed by atoms with Crippen LogP contribution < -0.4 is 10.6 Å². The number of benzene rings is 1. The molecule has 2 fully saturated rings. The lowest BCUT2D eigenvalue weighted by atomic mass is 10.2. The summed E-state index contributed by atoms with van der Waals surface area (Å²) < 4.78 is 5.05. The topological polar surface area (TPSA) is 91.7 Å². The first-order chi connectivity index (χ1) is 13.0. The van der Waals surface area contributed by atoms with Crippen LogP contribution in [0, 0.1) is 0 Å². The lowest BCUT2D eigenvalue weighted by Gasteiger charge is -2.29. The minimum Gasteiger partial charge on any atom is -0.459 e. The lowest BCUT2D eigenvalue weighted by Crippen LogP contribution is -2.48. The summed E-state index contributed by atoms with van der Waals surface area (Å²) in [6.45, 7) is 2.02. The molecule has 2 aromatic rings. The Labute approximate surface area is 160 Å². The van der Waals surface area contributed by atoms with E-state index in [2.05, 4.69) is 10.6 Å². The predicted molar refractivity (Wildman–Crippen MR) is 102 cm³/mol. The molecule has 0 unspecified atom stereocenters. The average molecular weight is 385 g/mol. The number of amides is 3. The summed E-state index contributed by atoms with van der Waals surface area (Å²) >= 11 is 1.66. The van der Waals surface area contributed by atoms with Gasteiger partial charge in [0.05, 0.1) is 11.1 Å². The monoisotopic (exact) mass is 385 g/mol. The van der Waals surface area contributed by atoms with E-state index in [0.717, 1.165) is 6.42 Å². The highest BCUT2D eigenvalue weighted by molar-refractivity contribution is 8.01. The zero-order valence-corrected chi connectivity index (χ0v) is 15.5. The van der Waals surface area contributed by atoms with Gasteiger partial charge in [0.25, 0.3) is 5.91 Å². The van der Waals surface area contributed by atoms with Crippen molar-refractivity contribution in [3.8, 4) is 0 Å². The summed E-state index contributed by atoms with van der Waals surface area (Å²) in [5.41, 5.74) is 1.20.